The quantitative estimate of drug-likeness (QED) is 0.171. The van der Waals surface area contributed by atoms with E-state index in [2.05, 4.69) is 307 Å². The maximum Gasteiger partial charge on any atom is 0.453 e. The first-order valence-corrected chi connectivity index (χ1v) is 34.7. The van der Waals surface area contributed by atoms with Crippen molar-refractivity contribution in [2.24, 2.45) is 0 Å². The minimum atomic E-state index is -2.18. The van der Waals surface area contributed by atoms with Crippen molar-refractivity contribution >= 4 is 125 Å². The third-order valence-electron chi connectivity index (χ3n) is 18.9. The van der Waals surface area contributed by atoms with E-state index in [1.807, 2.05) is 0 Å². The highest BCUT2D eigenvalue weighted by Crippen LogP contribution is 2.53. The van der Waals surface area contributed by atoms with Crippen molar-refractivity contribution in [1.29, 1.82) is 0 Å². The molecule has 0 spiro atoms. The molecule has 0 fully saturated rings. The highest BCUT2D eigenvalue weighted by molar-refractivity contribution is 7.32. The Bertz CT molecular complexity index is 4890. The fraction of sp³-hybridized carbons (Fsp3) is 0.286. The van der Waals surface area contributed by atoms with Gasteiger partial charge in [-0.3, -0.25) is 0 Å². The third kappa shape index (κ3) is 11.0. The van der Waals surface area contributed by atoms with Crippen LogP contribution in [-0.2, 0) is 32.5 Å². The molecule has 0 aliphatic heterocycles. The molecule has 0 saturated heterocycles. The smallest absolute Gasteiger partial charge is 0.390 e. The molecule has 12 aromatic carbocycles. The van der Waals surface area contributed by atoms with Crippen molar-refractivity contribution < 1.29 is 25.8 Å². The van der Waals surface area contributed by atoms with Gasteiger partial charge in [-0.25, -0.2) is 0 Å². The fourth-order valence-corrected chi connectivity index (χ4v) is 15.4. The van der Waals surface area contributed by atoms with Crippen LogP contribution in [0, 0.1) is 0 Å². The van der Waals surface area contributed by atoms with Crippen molar-refractivity contribution in [3.05, 3.63) is 215 Å². The molecular weight excluding hydrogens is 1170 g/mol. The summed E-state index contributed by atoms with van der Waals surface area (Å²) in [5.41, 5.74) is 11.5. The molecule has 0 unspecified atom stereocenters. The standard InChI is InChI=1S/C84H84O6P2/c1-79(2,3)55-25-31-61-49(43-55)19-37-67-73(61)74-62-32-26-56(80(4,5)6)44-50(62)20-38-68(74)86-91(85-67)89-71-41-23-53-47-59(83(13,14)15)29-35-65(53)77(71)78-66-36-30-60(84(16,17)18)48-54(66)24-42-72(78)90-92-87-69-39-21-51-45-57(81(7,8)9)27-33-63(51)75(69)76-64-34-28-58(82(10,11)12)46-52(64)22-40-70(76)88-92/h19-48H,1-18H3. The van der Waals surface area contributed by atoms with Crippen LogP contribution in [-0.4, -0.2) is 0 Å². The molecule has 0 aliphatic carbocycles. The van der Waals surface area contributed by atoms with Crippen molar-refractivity contribution in [3.63, 3.8) is 0 Å². The average Bonchev–Trinajstić information content (AvgIpc) is 1.29. The molecule has 0 atom stereocenters. The van der Waals surface area contributed by atoms with Crippen LogP contribution in [0.15, 0.2) is 199 Å². The van der Waals surface area contributed by atoms with E-state index >= 15 is 0 Å². The van der Waals surface area contributed by atoms with Crippen LogP contribution in [0.2, 0.25) is 0 Å². The predicted octanol–water partition coefficient (Wildman–Crippen LogP) is 26.9. The Balaban J connectivity index is 1.04. The van der Waals surface area contributed by atoms with E-state index in [1.54, 1.807) is 0 Å². The van der Waals surface area contributed by atoms with Gasteiger partial charge < -0.3 is 25.8 Å². The highest BCUT2D eigenvalue weighted by atomic mass is 31.1. The van der Waals surface area contributed by atoms with Gasteiger partial charge in [0.15, 0.2) is 0 Å². The average molecular weight is 1250 g/mol. The van der Waals surface area contributed by atoms with Gasteiger partial charge in [0.1, 0.15) is 33.8 Å². The third-order valence-corrected chi connectivity index (χ3v) is 20.9. The zero-order valence-corrected chi connectivity index (χ0v) is 58.5. The Morgan fingerprint density at radius 2 is 0.424 bits per heavy atom. The van der Waals surface area contributed by atoms with Crippen molar-refractivity contribution in [1.82, 2.24) is 0 Å². The van der Waals surface area contributed by atoms with Crippen LogP contribution in [0.3, 0.4) is 0 Å². The first kappa shape index (κ1) is 61.1. The van der Waals surface area contributed by atoms with Crippen LogP contribution >= 0.6 is 16.5 Å². The van der Waals surface area contributed by atoms with E-state index in [9.17, 15) is 0 Å². The lowest BCUT2D eigenvalue weighted by Crippen LogP contribution is -2.10. The van der Waals surface area contributed by atoms with Crippen LogP contribution in [0.25, 0.3) is 120 Å². The van der Waals surface area contributed by atoms with E-state index in [0.717, 1.165) is 97.3 Å². The maximum atomic E-state index is 7.52. The lowest BCUT2D eigenvalue weighted by atomic mass is 9.83. The Morgan fingerprint density at radius 3 is 0.641 bits per heavy atom. The zero-order chi connectivity index (χ0) is 64.9. The molecule has 466 valence electrons. The first-order valence-electron chi connectivity index (χ1n) is 32.5. The topological polar surface area (TPSA) is 71.0 Å². The van der Waals surface area contributed by atoms with E-state index in [-0.39, 0.29) is 32.5 Å². The molecule has 0 radical (unpaired) electrons. The number of rotatable bonds is 5. The summed E-state index contributed by atoms with van der Waals surface area (Å²) in [6.45, 7) is 40.7. The highest BCUT2D eigenvalue weighted by Gasteiger charge is 2.28. The molecule has 0 bridgehead atoms. The van der Waals surface area contributed by atoms with Crippen molar-refractivity contribution in [3.8, 4) is 22.6 Å². The number of hydrogen-bond donors (Lipinski definition) is 0. The maximum absolute atomic E-state index is 7.52. The van der Waals surface area contributed by atoms with Gasteiger partial charge in [0, 0.05) is 32.7 Å². The molecular formula is C84H84O6P2. The summed E-state index contributed by atoms with van der Waals surface area (Å²) in [5.74, 6) is 1.16. The molecule has 0 N–H and O–H groups in total. The Labute approximate surface area is 542 Å². The van der Waals surface area contributed by atoms with Gasteiger partial charge in [-0.1, -0.05) is 270 Å². The van der Waals surface area contributed by atoms with E-state index in [4.69, 9.17) is 25.8 Å². The summed E-state index contributed by atoms with van der Waals surface area (Å²) in [6, 6.07) is 66.6. The summed E-state index contributed by atoms with van der Waals surface area (Å²) in [7, 11) is -4.36. The summed E-state index contributed by atoms with van der Waals surface area (Å²) in [5, 5.41) is 16.8. The minimum absolute atomic E-state index is 0.0429. The van der Waals surface area contributed by atoms with Crippen LogP contribution in [0.4, 0.5) is 0 Å². The Hall–Kier alpha value is -8.40. The number of benzene rings is 12. The van der Waals surface area contributed by atoms with Crippen LogP contribution in [0.1, 0.15) is 158 Å². The summed E-state index contributed by atoms with van der Waals surface area (Å²) < 4.78 is 44.1. The largest absolute Gasteiger partial charge is 0.453 e. The summed E-state index contributed by atoms with van der Waals surface area (Å²) in [6.07, 6.45) is 0. The zero-order valence-electron chi connectivity index (χ0n) is 56.7. The van der Waals surface area contributed by atoms with Crippen molar-refractivity contribution in [2.75, 3.05) is 0 Å². The van der Waals surface area contributed by atoms with Gasteiger partial charge in [-0.2, -0.15) is 0 Å². The SMILES string of the molecule is CC(C)(C)c1ccc2c(-c3c(Op4oc5ccc6cc(C(C)(C)C)ccc6c5c5c(ccc6cc(C(C)(C)C)ccc65)o4)ccc4cc(C(C)(C)C)ccc34)c(Op3oc4ccc5cc(C(C)(C)C)ccc5c4c4c(ccc5cc(C(C)(C)C)ccc54)o3)ccc2c1. The van der Waals surface area contributed by atoms with Gasteiger partial charge in [-0.05, 0) is 167 Å². The molecule has 6 nitrogen and oxygen atoms in total. The molecule has 14 aromatic rings. The molecule has 2 aromatic heterocycles. The molecule has 8 heteroatoms. The molecule has 0 aliphatic rings. The van der Waals surface area contributed by atoms with Gasteiger partial charge in [-0.15, -0.1) is 0 Å². The van der Waals surface area contributed by atoms with Gasteiger partial charge >= 0.3 is 16.5 Å². The van der Waals surface area contributed by atoms with Crippen LogP contribution in [0.5, 0.6) is 11.5 Å². The monoisotopic (exact) mass is 1250 g/mol. The molecule has 14 rings (SSSR count). The second-order valence-electron chi connectivity index (χ2n) is 31.7. The van der Waals surface area contributed by atoms with E-state index in [0.29, 0.717) is 33.8 Å². The normalized spacial score (nSPS) is 13.1. The minimum Gasteiger partial charge on any atom is -0.390 e. The van der Waals surface area contributed by atoms with Crippen molar-refractivity contribution in [2.45, 2.75) is 157 Å². The molecule has 2 heterocycles. The number of hydrogen-bond acceptors (Lipinski definition) is 6. The lowest BCUT2D eigenvalue weighted by molar-refractivity contribution is 0.495. The predicted molar refractivity (Wildman–Crippen MR) is 394 cm³/mol. The van der Waals surface area contributed by atoms with Gasteiger partial charge in [0.2, 0.25) is 0 Å². The summed E-state index contributed by atoms with van der Waals surface area (Å²) in [4.78, 5) is 0. The Kier molecular flexibility index (Phi) is 14.3. The molecule has 0 amide bonds. The molecule has 0 saturated carbocycles. The fourth-order valence-electron chi connectivity index (χ4n) is 13.3. The first-order chi connectivity index (χ1) is 43.3. The van der Waals surface area contributed by atoms with E-state index in [1.165, 1.54) is 33.4 Å². The second kappa shape index (κ2) is 21.6. The second-order valence-corrected chi connectivity index (χ2v) is 33.7. The van der Waals surface area contributed by atoms with Gasteiger partial charge in [0.05, 0.1) is 0 Å². The lowest BCUT2D eigenvalue weighted by Gasteiger charge is -2.23. The summed E-state index contributed by atoms with van der Waals surface area (Å²) >= 11 is 0. The van der Waals surface area contributed by atoms with Gasteiger partial charge in [0.25, 0.3) is 0 Å². The van der Waals surface area contributed by atoms with E-state index < -0.39 is 16.5 Å². The number of fused-ring (bicyclic) bond motifs is 16. The molecule has 92 heavy (non-hydrogen) atoms. The Morgan fingerprint density at radius 1 is 0.228 bits per heavy atom. The van der Waals surface area contributed by atoms with Crippen LogP contribution < -0.4 is 9.05 Å².